The molecule has 0 unspecified atom stereocenters. The molecule has 2 aromatic carbocycles. The highest BCUT2D eigenvalue weighted by atomic mass is 79.9. The van der Waals surface area contributed by atoms with Gasteiger partial charge in [-0.1, -0.05) is 0 Å². The van der Waals surface area contributed by atoms with Crippen LogP contribution < -0.4 is 5.32 Å². The fourth-order valence-corrected chi connectivity index (χ4v) is 1.90. The minimum Gasteiger partial charge on any atom is -0.354 e. The lowest BCUT2D eigenvalue weighted by Gasteiger charge is -2.12. The molecule has 21 heavy (non-hydrogen) atoms. The van der Waals surface area contributed by atoms with E-state index >= 15 is 0 Å². The third kappa shape index (κ3) is 3.52. The third-order valence-corrected chi connectivity index (χ3v) is 3.31. The Balaban J connectivity index is 2.36. The fourth-order valence-electron chi connectivity index (χ4n) is 1.65. The van der Waals surface area contributed by atoms with E-state index in [-0.39, 0.29) is 15.7 Å². The Morgan fingerprint density at radius 1 is 1.10 bits per heavy atom. The summed E-state index contributed by atoms with van der Waals surface area (Å²) in [5.41, 5.74) is -0.584. The van der Waals surface area contributed by atoms with Gasteiger partial charge in [0.05, 0.1) is 21.3 Å². The van der Waals surface area contributed by atoms with E-state index in [9.17, 15) is 17.6 Å². The second-order valence-corrected chi connectivity index (χ2v) is 4.98. The molecule has 108 valence electrons. The summed E-state index contributed by atoms with van der Waals surface area (Å²) in [6, 6.07) is 8.59. The van der Waals surface area contributed by atoms with Crippen LogP contribution in [-0.2, 0) is 6.18 Å². The lowest BCUT2D eigenvalue weighted by atomic mass is 10.1. The number of nitrogens with zero attached hydrogens (tertiary/aromatic N) is 1. The maximum Gasteiger partial charge on any atom is 0.416 e. The van der Waals surface area contributed by atoms with Crippen LogP contribution in [0.25, 0.3) is 0 Å². The molecule has 0 atom stereocenters. The highest BCUT2D eigenvalue weighted by molar-refractivity contribution is 9.10. The molecule has 0 saturated carbocycles. The first-order chi connectivity index (χ1) is 9.81. The number of benzene rings is 2. The summed E-state index contributed by atoms with van der Waals surface area (Å²) in [6.07, 6.45) is -4.52. The Labute approximate surface area is 126 Å². The van der Waals surface area contributed by atoms with Gasteiger partial charge in [0.25, 0.3) is 0 Å². The van der Waals surface area contributed by atoms with Crippen molar-refractivity contribution >= 4 is 27.3 Å². The number of nitriles is 1. The predicted octanol–water partition coefficient (Wildman–Crippen LogP) is 5.22. The van der Waals surface area contributed by atoms with Crippen molar-refractivity contribution in [3.63, 3.8) is 0 Å². The zero-order chi connectivity index (χ0) is 15.6. The second kappa shape index (κ2) is 5.74. The average molecular weight is 359 g/mol. The summed E-state index contributed by atoms with van der Waals surface area (Å²) in [7, 11) is 0. The van der Waals surface area contributed by atoms with Crippen LogP contribution in [0.4, 0.5) is 28.9 Å². The van der Waals surface area contributed by atoms with E-state index in [2.05, 4.69) is 21.2 Å². The van der Waals surface area contributed by atoms with E-state index in [1.54, 1.807) is 6.07 Å². The minimum absolute atomic E-state index is 0.173. The van der Waals surface area contributed by atoms with Crippen LogP contribution in [0.3, 0.4) is 0 Å². The summed E-state index contributed by atoms with van der Waals surface area (Å²) in [4.78, 5) is 0. The van der Waals surface area contributed by atoms with Gasteiger partial charge in [-0.2, -0.15) is 18.4 Å². The monoisotopic (exact) mass is 358 g/mol. The molecule has 0 spiro atoms. The number of rotatable bonds is 2. The van der Waals surface area contributed by atoms with Crippen molar-refractivity contribution < 1.29 is 17.6 Å². The van der Waals surface area contributed by atoms with E-state index in [0.717, 1.165) is 18.2 Å². The standard InChI is InChI=1S/C14H7BrF4N2/c15-11-3-2-10(6-12(11)16)21-13-4-1-9(14(17,18)19)5-8(13)7-20/h1-6,21H. The average Bonchev–Trinajstić information content (AvgIpc) is 2.42. The van der Waals surface area contributed by atoms with Gasteiger partial charge in [-0.3, -0.25) is 0 Å². The van der Waals surface area contributed by atoms with Gasteiger partial charge < -0.3 is 5.32 Å². The molecule has 0 aliphatic carbocycles. The van der Waals surface area contributed by atoms with Gasteiger partial charge in [-0.05, 0) is 52.3 Å². The SMILES string of the molecule is N#Cc1cc(C(F)(F)F)ccc1Nc1ccc(Br)c(F)c1. The van der Waals surface area contributed by atoms with Gasteiger partial charge in [-0.15, -0.1) is 0 Å². The molecule has 0 fully saturated rings. The number of nitrogens with one attached hydrogen (secondary N) is 1. The normalized spacial score (nSPS) is 11.0. The lowest BCUT2D eigenvalue weighted by molar-refractivity contribution is -0.137. The molecule has 2 rings (SSSR count). The summed E-state index contributed by atoms with van der Waals surface area (Å²) in [6.45, 7) is 0. The number of halogens is 5. The van der Waals surface area contributed by atoms with Crippen molar-refractivity contribution in [1.82, 2.24) is 0 Å². The van der Waals surface area contributed by atoms with Crippen molar-refractivity contribution in [2.24, 2.45) is 0 Å². The number of hydrogen-bond acceptors (Lipinski definition) is 2. The molecule has 7 heteroatoms. The molecule has 0 bridgehead atoms. The minimum atomic E-state index is -4.52. The smallest absolute Gasteiger partial charge is 0.354 e. The molecule has 0 aliphatic rings. The van der Waals surface area contributed by atoms with E-state index in [1.165, 1.54) is 18.2 Å². The van der Waals surface area contributed by atoms with Crippen molar-refractivity contribution in [3.05, 3.63) is 57.8 Å². The maximum absolute atomic E-state index is 13.4. The van der Waals surface area contributed by atoms with Crippen LogP contribution in [-0.4, -0.2) is 0 Å². The highest BCUT2D eigenvalue weighted by Crippen LogP contribution is 2.32. The van der Waals surface area contributed by atoms with E-state index in [4.69, 9.17) is 5.26 Å². The van der Waals surface area contributed by atoms with Gasteiger partial charge in [-0.25, -0.2) is 4.39 Å². The molecule has 2 nitrogen and oxygen atoms in total. The zero-order valence-electron chi connectivity index (χ0n) is 10.3. The number of anilines is 2. The largest absolute Gasteiger partial charge is 0.416 e. The molecule has 1 N–H and O–H groups in total. The Morgan fingerprint density at radius 3 is 2.38 bits per heavy atom. The Morgan fingerprint density at radius 2 is 1.81 bits per heavy atom. The topological polar surface area (TPSA) is 35.8 Å². The third-order valence-electron chi connectivity index (χ3n) is 2.67. The van der Waals surface area contributed by atoms with Crippen molar-refractivity contribution in [2.75, 3.05) is 5.32 Å². The summed E-state index contributed by atoms with van der Waals surface area (Å²) in [5.74, 6) is -0.523. The molecule has 0 amide bonds. The molecular formula is C14H7BrF4N2. The van der Waals surface area contributed by atoms with E-state index < -0.39 is 17.6 Å². The Bertz CT molecular complexity index is 720. The van der Waals surface area contributed by atoms with Crippen LogP contribution in [0, 0.1) is 17.1 Å². The zero-order valence-corrected chi connectivity index (χ0v) is 11.9. The molecule has 0 radical (unpaired) electrons. The quantitative estimate of drug-likeness (QED) is 0.746. The van der Waals surface area contributed by atoms with Crippen molar-refractivity contribution in [2.45, 2.75) is 6.18 Å². The van der Waals surface area contributed by atoms with Crippen LogP contribution >= 0.6 is 15.9 Å². The number of alkyl halides is 3. The first-order valence-electron chi connectivity index (χ1n) is 5.64. The van der Waals surface area contributed by atoms with Gasteiger partial charge in [0.15, 0.2) is 0 Å². The Hall–Kier alpha value is -2.07. The van der Waals surface area contributed by atoms with Gasteiger partial charge >= 0.3 is 6.18 Å². The van der Waals surface area contributed by atoms with E-state index in [0.29, 0.717) is 5.69 Å². The second-order valence-electron chi connectivity index (χ2n) is 4.12. The number of hydrogen-bond donors (Lipinski definition) is 1. The van der Waals surface area contributed by atoms with E-state index in [1.807, 2.05) is 0 Å². The molecule has 0 aliphatic heterocycles. The maximum atomic E-state index is 13.4. The van der Waals surface area contributed by atoms with Gasteiger partial charge in [0.2, 0.25) is 0 Å². The summed E-state index contributed by atoms with van der Waals surface area (Å²) >= 11 is 2.99. The van der Waals surface area contributed by atoms with Crippen molar-refractivity contribution in [1.29, 1.82) is 5.26 Å². The lowest BCUT2D eigenvalue weighted by Crippen LogP contribution is -2.06. The summed E-state index contributed by atoms with van der Waals surface area (Å²) < 4.78 is 51.4. The van der Waals surface area contributed by atoms with Crippen LogP contribution in [0.1, 0.15) is 11.1 Å². The predicted molar refractivity (Wildman–Crippen MR) is 73.5 cm³/mol. The van der Waals surface area contributed by atoms with Gasteiger partial charge in [0.1, 0.15) is 11.9 Å². The molecule has 2 aromatic rings. The fraction of sp³-hybridized carbons (Fsp3) is 0.0714. The molecule has 0 saturated heterocycles. The first kappa shape index (κ1) is 15.3. The molecule has 0 heterocycles. The van der Waals surface area contributed by atoms with Crippen LogP contribution in [0.15, 0.2) is 40.9 Å². The first-order valence-corrected chi connectivity index (χ1v) is 6.44. The molecule has 0 aromatic heterocycles. The van der Waals surface area contributed by atoms with Gasteiger partial charge in [0, 0.05) is 5.69 Å². The Kier molecular flexibility index (Phi) is 4.19. The van der Waals surface area contributed by atoms with Crippen LogP contribution in [0.2, 0.25) is 0 Å². The molecular weight excluding hydrogens is 352 g/mol. The van der Waals surface area contributed by atoms with Crippen LogP contribution in [0.5, 0.6) is 0 Å². The summed E-state index contributed by atoms with van der Waals surface area (Å²) in [5, 5.41) is 11.7. The van der Waals surface area contributed by atoms with Crippen molar-refractivity contribution in [3.8, 4) is 6.07 Å². The highest BCUT2D eigenvalue weighted by Gasteiger charge is 2.31.